The average molecular weight is 242 g/mol. The van der Waals surface area contributed by atoms with E-state index < -0.39 is 11.0 Å². The summed E-state index contributed by atoms with van der Waals surface area (Å²) in [6.07, 6.45) is 1.91. The summed E-state index contributed by atoms with van der Waals surface area (Å²) in [7, 11) is 3.20. The molecular formula is C14H14N2O2. The van der Waals surface area contributed by atoms with Gasteiger partial charge in [-0.1, -0.05) is 13.0 Å². The molecule has 4 heteroatoms. The topological polar surface area (TPSA) is 66.0 Å². The Bertz CT molecular complexity index is 606. The first-order chi connectivity index (χ1) is 8.49. The smallest absolute Gasteiger partial charge is 0.120 e. The Balaban J connectivity index is 2.30. The van der Waals surface area contributed by atoms with Crippen molar-refractivity contribution in [2.45, 2.75) is 19.4 Å². The summed E-state index contributed by atoms with van der Waals surface area (Å²) >= 11 is 0. The average Bonchev–Trinajstić information content (AvgIpc) is 2.82. The Hall–Kier alpha value is -1.78. The Kier molecular flexibility index (Phi) is 1.75. The second kappa shape index (κ2) is 2.79. The lowest BCUT2D eigenvalue weighted by Gasteiger charge is -2.30. The molecule has 4 nitrogen and oxygen atoms in total. The van der Waals surface area contributed by atoms with Crippen molar-refractivity contribution in [1.29, 1.82) is 10.5 Å². The fraction of sp³-hybridized carbons (Fsp3) is 0.571. The van der Waals surface area contributed by atoms with Gasteiger partial charge in [0.05, 0.1) is 35.8 Å². The number of nitrogens with zero attached hydrogens (tertiary/aromatic N) is 2. The van der Waals surface area contributed by atoms with E-state index in [0.29, 0.717) is 16.9 Å². The second-order valence-electron chi connectivity index (χ2n) is 5.51. The van der Waals surface area contributed by atoms with E-state index in [4.69, 9.17) is 9.47 Å². The monoisotopic (exact) mass is 242 g/mol. The van der Waals surface area contributed by atoms with E-state index in [0.717, 1.165) is 0 Å². The van der Waals surface area contributed by atoms with Crippen molar-refractivity contribution in [3.05, 3.63) is 23.0 Å². The van der Waals surface area contributed by atoms with Crippen molar-refractivity contribution in [3.8, 4) is 12.1 Å². The van der Waals surface area contributed by atoms with E-state index in [9.17, 15) is 10.5 Å². The highest BCUT2D eigenvalue weighted by atomic mass is 16.5. The highest BCUT2D eigenvalue weighted by Gasteiger charge is 2.90. The van der Waals surface area contributed by atoms with Gasteiger partial charge >= 0.3 is 0 Å². The maximum absolute atomic E-state index is 9.38. The molecule has 92 valence electrons. The molecule has 0 aromatic carbocycles. The third kappa shape index (κ3) is 0.685. The first-order valence-electron chi connectivity index (χ1n) is 5.87. The van der Waals surface area contributed by atoms with Gasteiger partial charge in [0.15, 0.2) is 0 Å². The van der Waals surface area contributed by atoms with Crippen LogP contribution in [0.3, 0.4) is 0 Å². The second-order valence-corrected chi connectivity index (χ2v) is 5.51. The van der Waals surface area contributed by atoms with Crippen molar-refractivity contribution in [1.82, 2.24) is 0 Å². The Morgan fingerprint density at radius 2 is 1.89 bits per heavy atom. The molecule has 0 aromatic rings. The molecule has 0 spiro atoms. The van der Waals surface area contributed by atoms with Crippen LogP contribution in [0.1, 0.15) is 13.8 Å². The number of hydrogen-bond donors (Lipinski definition) is 0. The predicted molar refractivity (Wildman–Crippen MR) is 62.8 cm³/mol. The van der Waals surface area contributed by atoms with E-state index in [1.807, 2.05) is 13.0 Å². The first-order valence-corrected chi connectivity index (χ1v) is 5.87. The van der Waals surface area contributed by atoms with Gasteiger partial charge in [-0.05, 0) is 6.92 Å². The third-order valence-corrected chi connectivity index (χ3v) is 5.36. The van der Waals surface area contributed by atoms with Gasteiger partial charge in [0.2, 0.25) is 0 Å². The Labute approximate surface area is 106 Å². The summed E-state index contributed by atoms with van der Waals surface area (Å²) < 4.78 is 11.1. The van der Waals surface area contributed by atoms with Gasteiger partial charge in [0.25, 0.3) is 0 Å². The van der Waals surface area contributed by atoms with E-state index in [-0.39, 0.29) is 11.3 Å². The normalized spacial score (nSPS) is 47.2. The Morgan fingerprint density at radius 1 is 1.22 bits per heavy atom. The molecule has 18 heavy (non-hydrogen) atoms. The standard InChI is InChI=1S/C14H14N2O2/c1-12-5-8(6-15)14(18-4)10(13(12,14)2)9(7-16)11(12)17-3/h5,10H,1-4H3/t10?,12-,13+,14?/m0/s1. The van der Waals surface area contributed by atoms with E-state index in [1.54, 1.807) is 14.2 Å². The number of nitriles is 2. The van der Waals surface area contributed by atoms with Gasteiger partial charge in [-0.25, -0.2) is 0 Å². The zero-order chi connectivity index (χ0) is 13.3. The molecule has 0 bridgehead atoms. The third-order valence-electron chi connectivity index (χ3n) is 5.36. The van der Waals surface area contributed by atoms with Gasteiger partial charge in [0, 0.05) is 18.4 Å². The minimum absolute atomic E-state index is 0.0559. The molecule has 0 amide bonds. The first kappa shape index (κ1) is 11.3. The van der Waals surface area contributed by atoms with Crippen molar-refractivity contribution >= 4 is 0 Å². The van der Waals surface area contributed by atoms with Crippen LogP contribution in [-0.2, 0) is 9.47 Å². The van der Waals surface area contributed by atoms with Gasteiger partial charge in [0.1, 0.15) is 11.4 Å². The van der Waals surface area contributed by atoms with Crippen molar-refractivity contribution < 1.29 is 9.47 Å². The van der Waals surface area contributed by atoms with Crippen LogP contribution in [0.5, 0.6) is 0 Å². The van der Waals surface area contributed by atoms with E-state index in [1.165, 1.54) is 0 Å². The summed E-state index contributed by atoms with van der Waals surface area (Å²) in [6, 6.07) is 4.48. The summed E-state index contributed by atoms with van der Waals surface area (Å²) in [4.78, 5) is 0. The summed E-state index contributed by atoms with van der Waals surface area (Å²) in [5.41, 5.74) is -0.0519. The van der Waals surface area contributed by atoms with Crippen LogP contribution >= 0.6 is 0 Å². The highest BCUT2D eigenvalue weighted by Crippen LogP contribution is 2.86. The van der Waals surface area contributed by atoms with Gasteiger partial charge in [-0.2, -0.15) is 10.5 Å². The molecule has 3 aliphatic carbocycles. The van der Waals surface area contributed by atoms with Crippen LogP contribution in [0.4, 0.5) is 0 Å². The maximum atomic E-state index is 9.38. The van der Waals surface area contributed by atoms with Crippen LogP contribution in [0.2, 0.25) is 0 Å². The molecule has 0 aromatic heterocycles. The number of ether oxygens (including phenoxy) is 2. The lowest BCUT2D eigenvalue weighted by atomic mass is 9.77. The molecule has 0 N–H and O–H groups in total. The van der Waals surface area contributed by atoms with Crippen LogP contribution in [0.25, 0.3) is 0 Å². The van der Waals surface area contributed by atoms with Gasteiger partial charge in [-0.3, -0.25) is 0 Å². The van der Waals surface area contributed by atoms with Crippen LogP contribution in [0.15, 0.2) is 23.0 Å². The fourth-order valence-electron chi connectivity index (χ4n) is 4.45. The van der Waals surface area contributed by atoms with Crippen molar-refractivity contribution in [2.75, 3.05) is 14.2 Å². The quantitative estimate of drug-likeness (QED) is 0.742. The zero-order valence-corrected chi connectivity index (χ0v) is 10.9. The number of fused-ring (bicyclic) bond motifs is 1. The predicted octanol–water partition coefficient (Wildman–Crippen LogP) is 1.92. The minimum Gasteiger partial charge on any atom is -0.499 e. The molecule has 0 heterocycles. The summed E-state index contributed by atoms with van der Waals surface area (Å²) in [6.45, 7) is 4.10. The van der Waals surface area contributed by atoms with Gasteiger partial charge < -0.3 is 9.47 Å². The van der Waals surface area contributed by atoms with Crippen LogP contribution < -0.4 is 0 Å². The van der Waals surface area contributed by atoms with Crippen molar-refractivity contribution in [3.63, 3.8) is 0 Å². The Morgan fingerprint density at radius 3 is 2.33 bits per heavy atom. The molecular weight excluding hydrogens is 228 g/mol. The van der Waals surface area contributed by atoms with E-state index >= 15 is 0 Å². The minimum atomic E-state index is -0.621. The van der Waals surface area contributed by atoms with E-state index in [2.05, 4.69) is 19.1 Å². The molecule has 2 unspecified atom stereocenters. The zero-order valence-electron chi connectivity index (χ0n) is 10.9. The molecule has 0 aliphatic heterocycles. The van der Waals surface area contributed by atoms with Crippen molar-refractivity contribution in [2.24, 2.45) is 16.7 Å². The van der Waals surface area contributed by atoms with Crippen LogP contribution in [-0.4, -0.2) is 19.8 Å². The molecule has 1 saturated carbocycles. The molecule has 3 rings (SSSR count). The molecule has 0 radical (unpaired) electrons. The number of hydrogen-bond acceptors (Lipinski definition) is 4. The molecule has 3 aliphatic rings. The lowest BCUT2D eigenvalue weighted by molar-refractivity contribution is 0.0491. The maximum Gasteiger partial charge on any atom is 0.120 e. The molecule has 0 saturated heterocycles. The van der Waals surface area contributed by atoms with Crippen LogP contribution in [0, 0.1) is 39.4 Å². The number of methoxy groups -OCH3 is 2. The lowest BCUT2D eigenvalue weighted by Crippen LogP contribution is -2.30. The highest BCUT2D eigenvalue weighted by molar-refractivity contribution is 5.68. The fourth-order valence-corrected chi connectivity index (χ4v) is 4.45. The summed E-state index contributed by atoms with van der Waals surface area (Å²) in [5, 5.41) is 18.7. The number of rotatable bonds is 2. The largest absolute Gasteiger partial charge is 0.499 e. The summed E-state index contributed by atoms with van der Waals surface area (Å²) in [5.74, 6) is 0.634. The molecule has 1 fully saturated rings. The SMILES string of the molecule is COC1=C(C#N)C2C3(OC)C(C#N)=C[C@]1(C)[C@@]23C. The van der Waals surface area contributed by atoms with Gasteiger partial charge in [-0.15, -0.1) is 0 Å². The number of allylic oxidation sites excluding steroid dienone is 1. The molecule has 4 atom stereocenters.